The van der Waals surface area contributed by atoms with Gasteiger partial charge in [-0.15, -0.1) is 11.8 Å². The molecule has 0 saturated heterocycles. The average molecular weight is 372 g/mol. The van der Waals surface area contributed by atoms with Gasteiger partial charge in [0.1, 0.15) is 5.69 Å². The van der Waals surface area contributed by atoms with Crippen molar-refractivity contribution >= 4 is 35.3 Å². The lowest BCUT2D eigenvalue weighted by atomic mass is 10.3. The van der Waals surface area contributed by atoms with Crippen LogP contribution in [-0.2, 0) is 6.18 Å². The van der Waals surface area contributed by atoms with Gasteiger partial charge in [0.15, 0.2) is 0 Å². The number of hydrogen-bond acceptors (Lipinski definition) is 4. The van der Waals surface area contributed by atoms with Crippen LogP contribution in [0.15, 0.2) is 64.3 Å². The molecule has 8 heteroatoms. The Hall–Kier alpha value is -1.99. The highest BCUT2D eigenvalue weighted by atomic mass is 35.5. The maximum absolute atomic E-state index is 12.6. The summed E-state index contributed by atoms with van der Waals surface area (Å²) in [5.74, 6) is 0.341. The monoisotopic (exact) mass is 371 g/mol. The minimum Gasteiger partial charge on any atom is -0.401 e. The normalized spacial score (nSPS) is 12.8. The van der Waals surface area contributed by atoms with Crippen molar-refractivity contribution in [2.24, 2.45) is 10.7 Å². The smallest absolute Gasteiger partial charge is 0.401 e. The zero-order chi connectivity index (χ0) is 17.6. The highest BCUT2D eigenvalue weighted by Gasteiger charge is 2.32. The quantitative estimate of drug-likeness (QED) is 0.588. The predicted octanol–water partition coefficient (Wildman–Crippen LogP) is 5.09. The molecule has 126 valence electrons. The predicted molar refractivity (Wildman–Crippen MR) is 91.8 cm³/mol. The second kappa shape index (κ2) is 8.21. The van der Waals surface area contributed by atoms with Crippen LogP contribution in [0.2, 0.25) is 5.02 Å². The van der Waals surface area contributed by atoms with E-state index < -0.39 is 11.9 Å². The number of aliphatic imine (C=N–C) groups is 1. The molecule has 0 unspecified atom stereocenters. The summed E-state index contributed by atoms with van der Waals surface area (Å²) in [5, 5.41) is 0.621. The number of hydrogen-bond donors (Lipinski definition) is 1. The molecule has 0 aliphatic rings. The van der Waals surface area contributed by atoms with Crippen LogP contribution in [-0.4, -0.2) is 17.0 Å². The summed E-state index contributed by atoms with van der Waals surface area (Å²) in [7, 11) is 0. The third-order valence-electron chi connectivity index (χ3n) is 2.77. The van der Waals surface area contributed by atoms with E-state index in [0.29, 0.717) is 21.4 Å². The minimum atomic E-state index is -4.46. The van der Waals surface area contributed by atoms with Gasteiger partial charge in [-0.25, -0.2) is 0 Å². The summed E-state index contributed by atoms with van der Waals surface area (Å²) in [5.41, 5.74) is 6.12. The maximum Gasteiger partial charge on any atom is 0.433 e. The van der Waals surface area contributed by atoms with Gasteiger partial charge in [-0.2, -0.15) is 13.2 Å². The summed E-state index contributed by atoms with van der Waals surface area (Å²) in [6.07, 6.45) is -0.184. The summed E-state index contributed by atoms with van der Waals surface area (Å²) >= 11 is 6.97. The third-order valence-corrected chi connectivity index (χ3v) is 4.08. The molecule has 0 radical (unpaired) electrons. The Morgan fingerprint density at radius 1 is 1.25 bits per heavy atom. The van der Waals surface area contributed by atoms with E-state index in [4.69, 9.17) is 17.3 Å². The van der Waals surface area contributed by atoms with Gasteiger partial charge >= 0.3 is 6.18 Å². The highest BCUT2D eigenvalue weighted by molar-refractivity contribution is 7.99. The minimum absolute atomic E-state index is 0.341. The number of allylic oxidation sites excluding steroid dienone is 1. The van der Waals surface area contributed by atoms with E-state index in [0.717, 1.165) is 18.0 Å². The van der Waals surface area contributed by atoms with Crippen LogP contribution in [0.4, 0.5) is 18.9 Å². The Morgan fingerprint density at radius 2 is 1.96 bits per heavy atom. The number of pyridine rings is 1. The average Bonchev–Trinajstić information content (AvgIpc) is 2.54. The Labute approximate surface area is 146 Å². The van der Waals surface area contributed by atoms with Crippen molar-refractivity contribution < 1.29 is 13.2 Å². The Bertz CT molecular complexity index is 743. The van der Waals surface area contributed by atoms with Gasteiger partial charge < -0.3 is 5.73 Å². The SMILES string of the molecule is NC(=CC=Nc1ccc(Cl)cc1)CSc1ccnc(C(F)(F)F)c1. The number of benzene rings is 1. The van der Waals surface area contributed by atoms with Crippen LogP contribution in [0.3, 0.4) is 0 Å². The molecule has 2 N–H and O–H groups in total. The van der Waals surface area contributed by atoms with E-state index in [1.54, 1.807) is 30.3 Å². The molecule has 1 heterocycles. The molecule has 0 saturated carbocycles. The molecule has 2 aromatic rings. The van der Waals surface area contributed by atoms with Crippen molar-refractivity contribution in [3.8, 4) is 0 Å². The number of alkyl halides is 3. The van der Waals surface area contributed by atoms with E-state index in [-0.39, 0.29) is 0 Å². The summed E-state index contributed by atoms with van der Waals surface area (Å²) < 4.78 is 37.8. The summed E-state index contributed by atoms with van der Waals surface area (Å²) in [4.78, 5) is 7.94. The highest BCUT2D eigenvalue weighted by Crippen LogP contribution is 2.30. The molecule has 1 aromatic carbocycles. The van der Waals surface area contributed by atoms with Gasteiger partial charge in [0.2, 0.25) is 0 Å². The van der Waals surface area contributed by atoms with Gasteiger partial charge in [0.05, 0.1) is 5.69 Å². The van der Waals surface area contributed by atoms with Gasteiger partial charge in [0.25, 0.3) is 0 Å². The van der Waals surface area contributed by atoms with Crippen molar-refractivity contribution in [1.82, 2.24) is 4.98 Å². The van der Waals surface area contributed by atoms with E-state index in [2.05, 4.69) is 9.98 Å². The second-order valence-corrected chi connectivity index (χ2v) is 6.14. The Balaban J connectivity index is 1.93. The largest absolute Gasteiger partial charge is 0.433 e. The summed E-state index contributed by atoms with van der Waals surface area (Å²) in [6.45, 7) is 0. The standard InChI is InChI=1S/C16H13ClF3N3S/c17-11-1-3-13(4-2-11)22-7-5-12(21)10-24-14-6-8-23-15(9-14)16(18,19)20/h1-9H,10,21H2. The Morgan fingerprint density at radius 3 is 2.62 bits per heavy atom. The van der Waals surface area contributed by atoms with Crippen LogP contribution in [0.5, 0.6) is 0 Å². The number of thioether (sulfide) groups is 1. The van der Waals surface area contributed by atoms with Crippen LogP contribution in [0.1, 0.15) is 5.69 Å². The molecule has 1 aromatic heterocycles. The van der Waals surface area contributed by atoms with E-state index in [1.165, 1.54) is 24.0 Å². The molecule has 0 amide bonds. The molecule has 3 nitrogen and oxygen atoms in total. The zero-order valence-electron chi connectivity index (χ0n) is 12.3. The van der Waals surface area contributed by atoms with Gasteiger partial charge in [-0.1, -0.05) is 11.6 Å². The molecule has 0 spiro atoms. The second-order valence-electron chi connectivity index (χ2n) is 4.66. The van der Waals surface area contributed by atoms with Crippen molar-refractivity contribution in [1.29, 1.82) is 0 Å². The fourth-order valence-corrected chi connectivity index (χ4v) is 2.52. The van der Waals surface area contributed by atoms with Crippen molar-refractivity contribution in [3.63, 3.8) is 0 Å². The van der Waals surface area contributed by atoms with Crippen LogP contribution in [0, 0.1) is 0 Å². The number of rotatable bonds is 5. The number of halogens is 4. The molecular weight excluding hydrogens is 359 g/mol. The first-order chi connectivity index (χ1) is 11.3. The molecule has 0 aliphatic heterocycles. The first kappa shape index (κ1) is 18.4. The molecule has 0 fully saturated rings. The molecule has 24 heavy (non-hydrogen) atoms. The lowest BCUT2D eigenvalue weighted by Crippen LogP contribution is -2.07. The fraction of sp³-hybridized carbons (Fsp3) is 0.125. The van der Waals surface area contributed by atoms with Crippen LogP contribution < -0.4 is 5.73 Å². The van der Waals surface area contributed by atoms with Crippen molar-refractivity contribution in [3.05, 3.63) is 65.1 Å². The number of nitrogens with two attached hydrogens (primary N) is 1. The Kier molecular flexibility index (Phi) is 6.28. The topological polar surface area (TPSA) is 51.3 Å². The van der Waals surface area contributed by atoms with Gasteiger partial charge in [0, 0.05) is 33.8 Å². The third kappa shape index (κ3) is 5.90. The molecule has 0 atom stereocenters. The van der Waals surface area contributed by atoms with E-state index in [9.17, 15) is 13.2 Å². The van der Waals surface area contributed by atoms with E-state index in [1.807, 2.05) is 0 Å². The van der Waals surface area contributed by atoms with Crippen molar-refractivity contribution in [2.75, 3.05) is 5.75 Å². The first-order valence-corrected chi connectivity index (χ1v) is 8.11. The lowest BCUT2D eigenvalue weighted by molar-refractivity contribution is -0.141. The van der Waals surface area contributed by atoms with Gasteiger partial charge in [-0.3, -0.25) is 9.98 Å². The zero-order valence-corrected chi connectivity index (χ0v) is 13.9. The van der Waals surface area contributed by atoms with Crippen LogP contribution >= 0.6 is 23.4 Å². The van der Waals surface area contributed by atoms with E-state index >= 15 is 0 Å². The van der Waals surface area contributed by atoms with Crippen LogP contribution in [0.25, 0.3) is 0 Å². The number of aromatic nitrogens is 1. The van der Waals surface area contributed by atoms with Crippen molar-refractivity contribution in [2.45, 2.75) is 11.1 Å². The maximum atomic E-state index is 12.6. The fourth-order valence-electron chi connectivity index (χ4n) is 1.62. The first-order valence-electron chi connectivity index (χ1n) is 6.75. The molecule has 0 aliphatic carbocycles. The van der Waals surface area contributed by atoms with Gasteiger partial charge in [-0.05, 0) is 42.5 Å². The number of nitrogens with zero attached hydrogens (tertiary/aromatic N) is 2. The molecular formula is C16H13ClF3N3S. The lowest BCUT2D eigenvalue weighted by Gasteiger charge is -2.07. The molecule has 0 bridgehead atoms. The molecule has 2 rings (SSSR count). The summed E-state index contributed by atoms with van der Waals surface area (Å²) in [6, 6.07) is 9.47.